The Hall–Kier alpha value is 2.26. The van der Waals surface area contributed by atoms with Gasteiger partial charge in [-0.1, -0.05) is 26.2 Å². The van der Waals surface area contributed by atoms with Crippen LogP contribution in [0.2, 0.25) is 0 Å². The molecule has 1 aliphatic rings. The summed E-state index contributed by atoms with van der Waals surface area (Å²) < 4.78 is 22.3. The molecule has 0 aliphatic heterocycles. The molecule has 0 amide bonds. The molecule has 0 aromatic rings. The van der Waals surface area contributed by atoms with Gasteiger partial charge in [0.25, 0.3) is 0 Å². The smallest absolute Gasteiger partial charge is 0.776 e. The Kier molecular flexibility index (Phi) is 10.3. The molecule has 2 atom stereocenters. The summed E-state index contributed by atoms with van der Waals surface area (Å²) in [5.74, 6) is 0. The maximum Gasteiger partial charge on any atom is 1.00 e. The number of hydrogen-bond donors (Lipinski definition) is 3. The third-order valence-corrected chi connectivity index (χ3v) is 7.57. The first-order valence-corrected chi connectivity index (χ1v) is 8.93. The molecule has 0 heterocycles. The van der Waals surface area contributed by atoms with Crippen LogP contribution in [-0.2, 0) is 9.13 Å². The first-order valence-electron chi connectivity index (χ1n) is 5.78. The van der Waals surface area contributed by atoms with Gasteiger partial charge in [0.05, 0.1) is 0 Å². The van der Waals surface area contributed by atoms with Gasteiger partial charge < -0.3 is 33.8 Å². The number of aliphatic hydroxyl groups is 1. The predicted octanol–water partition coefficient (Wildman–Crippen LogP) is -5.91. The van der Waals surface area contributed by atoms with Gasteiger partial charge in [-0.2, -0.15) is 0 Å². The average molecular weight is 346 g/mol. The summed E-state index contributed by atoms with van der Waals surface area (Å²) in [5, 5.41) is 6.30. The summed E-state index contributed by atoms with van der Waals surface area (Å²) in [6, 6.07) is 0. The van der Waals surface area contributed by atoms with Gasteiger partial charge in [0, 0.05) is 0 Å². The molecule has 2 unspecified atom stereocenters. The van der Waals surface area contributed by atoms with E-state index in [0.29, 0.717) is 19.3 Å². The van der Waals surface area contributed by atoms with E-state index in [1.165, 1.54) is 0 Å². The van der Waals surface area contributed by atoms with E-state index in [-0.39, 0.29) is 59.1 Å². The Bertz CT molecular complexity index is 377. The van der Waals surface area contributed by atoms with Crippen LogP contribution < -0.4 is 68.9 Å². The van der Waals surface area contributed by atoms with Crippen molar-refractivity contribution in [2.45, 2.75) is 50.5 Å². The van der Waals surface area contributed by atoms with Crippen LogP contribution in [0.4, 0.5) is 0 Å². The van der Waals surface area contributed by atoms with E-state index < -0.39 is 32.1 Å². The molecule has 0 radical (unpaired) electrons. The monoisotopic (exact) mass is 346 g/mol. The van der Waals surface area contributed by atoms with E-state index in [1.807, 2.05) is 0 Å². The van der Waals surface area contributed by atoms with Crippen molar-refractivity contribution in [3.05, 3.63) is 0 Å². The number of rotatable bonds is 5. The normalized spacial score (nSPS) is 26.3. The van der Waals surface area contributed by atoms with E-state index in [1.54, 1.807) is 6.92 Å². The third kappa shape index (κ3) is 5.13. The summed E-state index contributed by atoms with van der Waals surface area (Å²) in [6.45, 7) is 1.76. The topological polar surface area (TPSA) is 141 Å². The fourth-order valence-electron chi connectivity index (χ4n) is 2.64. The summed E-state index contributed by atoms with van der Waals surface area (Å²) in [4.78, 5) is 40.2. The van der Waals surface area contributed by atoms with E-state index in [9.17, 15) is 24.0 Å². The molecule has 1 rings (SSSR count). The Labute approximate surface area is 162 Å². The Morgan fingerprint density at radius 2 is 1.45 bits per heavy atom. The molecule has 0 spiro atoms. The van der Waals surface area contributed by atoms with Crippen LogP contribution in [0.1, 0.15) is 45.4 Å². The Morgan fingerprint density at radius 1 is 1.10 bits per heavy atom. The molecule has 1 aliphatic carbocycles. The second-order valence-corrected chi connectivity index (χ2v) is 8.97. The zero-order valence-electron chi connectivity index (χ0n) is 12.1. The second kappa shape index (κ2) is 8.39. The SMILES string of the molecule is CCC1(CC(O)(P(=O)([O-])O)P(=O)([O-])O)CCCC1.[Na+].[Na+]. The summed E-state index contributed by atoms with van der Waals surface area (Å²) >= 11 is 0. The van der Waals surface area contributed by atoms with Crippen molar-refractivity contribution >= 4 is 15.2 Å². The molecule has 20 heavy (non-hydrogen) atoms. The molecule has 0 aromatic heterocycles. The van der Waals surface area contributed by atoms with Gasteiger partial charge in [0.1, 0.15) is 0 Å². The van der Waals surface area contributed by atoms with Gasteiger partial charge in [0.15, 0.2) is 20.3 Å². The van der Waals surface area contributed by atoms with Crippen LogP contribution in [0.5, 0.6) is 0 Å². The van der Waals surface area contributed by atoms with Gasteiger partial charge >= 0.3 is 59.1 Å². The summed E-state index contributed by atoms with van der Waals surface area (Å²) in [7, 11) is -11.3. The minimum Gasteiger partial charge on any atom is -0.776 e. The first-order chi connectivity index (χ1) is 7.97. The molecule has 0 bridgehead atoms. The van der Waals surface area contributed by atoms with Gasteiger partial charge in [-0.3, -0.25) is 0 Å². The maximum absolute atomic E-state index is 11.1. The molecule has 11 heteroatoms. The Balaban J connectivity index is 0. The average Bonchev–Trinajstić information content (AvgIpc) is 2.63. The van der Waals surface area contributed by atoms with Gasteiger partial charge in [0.2, 0.25) is 0 Å². The van der Waals surface area contributed by atoms with Crippen molar-refractivity contribution in [3.63, 3.8) is 0 Å². The minimum atomic E-state index is -5.64. The molecule has 3 N–H and O–H groups in total. The standard InChI is InChI=1S/C9H20O7P2.2Na/c1-2-8(5-3-4-6-8)7-9(10,17(11,12)13)18(14,15)16;;/h10H,2-7H2,1H3,(H2,11,12,13)(H2,14,15,16);;/q;2*+1/p-2. The van der Waals surface area contributed by atoms with Crippen LogP contribution in [0.3, 0.4) is 0 Å². The fourth-order valence-corrected chi connectivity index (χ4v) is 4.99. The van der Waals surface area contributed by atoms with Crippen molar-refractivity contribution in [2.75, 3.05) is 0 Å². The van der Waals surface area contributed by atoms with Crippen molar-refractivity contribution in [3.8, 4) is 0 Å². The molecular formula is C9H18Na2O7P2. The first kappa shape index (κ1) is 24.5. The zero-order chi connectivity index (χ0) is 14.2. The predicted molar refractivity (Wildman–Crippen MR) is 60.4 cm³/mol. The van der Waals surface area contributed by atoms with Crippen molar-refractivity contribution in [1.29, 1.82) is 0 Å². The number of hydrogen-bond acceptors (Lipinski definition) is 5. The van der Waals surface area contributed by atoms with Crippen LogP contribution in [0.25, 0.3) is 0 Å². The fraction of sp³-hybridized carbons (Fsp3) is 1.00. The summed E-state index contributed by atoms with van der Waals surface area (Å²) in [6.07, 6.45) is 2.50. The van der Waals surface area contributed by atoms with E-state index in [0.717, 1.165) is 12.8 Å². The van der Waals surface area contributed by atoms with E-state index >= 15 is 0 Å². The molecule has 1 saturated carbocycles. The molecule has 0 saturated heterocycles. The van der Waals surface area contributed by atoms with E-state index in [4.69, 9.17) is 9.79 Å². The molecule has 7 nitrogen and oxygen atoms in total. The van der Waals surface area contributed by atoms with Crippen molar-refractivity contribution in [1.82, 2.24) is 0 Å². The molecular weight excluding hydrogens is 328 g/mol. The third-order valence-electron chi connectivity index (χ3n) is 3.93. The molecule has 108 valence electrons. The van der Waals surface area contributed by atoms with E-state index in [2.05, 4.69) is 0 Å². The maximum atomic E-state index is 11.1. The van der Waals surface area contributed by atoms with Crippen LogP contribution in [0, 0.1) is 5.41 Å². The quantitative estimate of drug-likeness (QED) is 0.332. The van der Waals surface area contributed by atoms with Gasteiger partial charge in [-0.25, -0.2) is 0 Å². The molecule has 1 fully saturated rings. The largest absolute Gasteiger partial charge is 1.00 e. The zero-order valence-corrected chi connectivity index (χ0v) is 17.9. The van der Waals surface area contributed by atoms with Crippen LogP contribution in [-0.4, -0.2) is 20.0 Å². The molecule has 0 aromatic carbocycles. The van der Waals surface area contributed by atoms with Gasteiger partial charge in [-0.05, 0) is 24.7 Å². The van der Waals surface area contributed by atoms with Crippen molar-refractivity contribution < 1.29 is 92.9 Å². The van der Waals surface area contributed by atoms with Crippen molar-refractivity contribution in [2.24, 2.45) is 5.41 Å². The second-order valence-electron chi connectivity index (χ2n) is 5.05. The van der Waals surface area contributed by atoms with Crippen LogP contribution >= 0.6 is 15.2 Å². The van der Waals surface area contributed by atoms with Crippen LogP contribution in [0.15, 0.2) is 0 Å². The summed E-state index contributed by atoms with van der Waals surface area (Å²) in [5.41, 5.74) is -0.680. The minimum absolute atomic E-state index is 0. The Morgan fingerprint density at radius 3 is 1.70 bits per heavy atom. The van der Waals surface area contributed by atoms with Gasteiger partial charge in [-0.15, -0.1) is 0 Å².